The lowest BCUT2D eigenvalue weighted by atomic mass is 9.75. The van der Waals surface area contributed by atoms with Gasteiger partial charge in [0.25, 0.3) is 0 Å². The van der Waals surface area contributed by atoms with Gasteiger partial charge in [-0.05, 0) is 80.9 Å². The van der Waals surface area contributed by atoms with E-state index in [4.69, 9.17) is 16.2 Å². The standard InChI is InChI=1S/C45H66N6O6/c1-31(2)23-35(41(53)45(47,44(56)57-3)21-13-14-22-46)27-40(52)38(26-34-19-11-6-12-20-34)50-43(55)39(28-37-29-48-30-49-37)51-42(54)36(24-32-15-7-4-8-16-32)25-33-17-9-5-10-18-33/h4-5,7-10,15-18,29-31,34-36,38-40,52H,6,11-14,19-28,46-47H2,1-3H3,(H,48,49)(H,50,55)(H,51,54)/t35-,38+,39+,40+,45-/m1/s1. The molecular formula is C45H66N6O6. The number of esters is 1. The normalized spacial score (nSPS) is 16.6. The summed E-state index contributed by atoms with van der Waals surface area (Å²) in [6.45, 7) is 4.35. The molecule has 12 nitrogen and oxygen atoms in total. The lowest BCUT2D eigenvalue weighted by Gasteiger charge is -2.35. The lowest BCUT2D eigenvalue weighted by Crippen LogP contribution is -2.59. The number of nitrogens with two attached hydrogens (primary N) is 2. The smallest absolute Gasteiger partial charge is 0.333 e. The molecule has 1 aromatic heterocycles. The summed E-state index contributed by atoms with van der Waals surface area (Å²) in [5.41, 5.74) is 13.1. The van der Waals surface area contributed by atoms with Crippen LogP contribution in [0.25, 0.3) is 0 Å². The van der Waals surface area contributed by atoms with Crippen molar-refractivity contribution in [2.45, 2.75) is 127 Å². The number of unbranched alkanes of at least 4 members (excludes halogenated alkanes) is 1. The number of carbonyl (C=O) groups is 4. The number of hydrogen-bond acceptors (Lipinski definition) is 9. The van der Waals surface area contributed by atoms with Crippen LogP contribution in [0.4, 0.5) is 0 Å². The molecule has 312 valence electrons. The minimum atomic E-state index is -1.89. The number of carbonyl (C=O) groups excluding carboxylic acids is 4. The molecule has 1 aliphatic carbocycles. The Labute approximate surface area is 338 Å². The van der Waals surface area contributed by atoms with E-state index in [0.29, 0.717) is 50.8 Å². The molecule has 0 radical (unpaired) electrons. The second kappa shape index (κ2) is 23.1. The van der Waals surface area contributed by atoms with Crippen LogP contribution in [0.2, 0.25) is 0 Å². The highest BCUT2D eigenvalue weighted by Gasteiger charge is 2.46. The van der Waals surface area contributed by atoms with E-state index in [2.05, 4.69) is 20.6 Å². The Bertz CT molecular complexity index is 1610. The maximum absolute atomic E-state index is 14.5. The predicted molar refractivity (Wildman–Crippen MR) is 222 cm³/mol. The van der Waals surface area contributed by atoms with Crippen LogP contribution in [0, 0.1) is 23.7 Å². The third kappa shape index (κ3) is 14.2. The van der Waals surface area contributed by atoms with Gasteiger partial charge in [-0.15, -0.1) is 0 Å². The predicted octanol–water partition coefficient (Wildman–Crippen LogP) is 4.98. The molecule has 2 amide bonds. The van der Waals surface area contributed by atoms with Gasteiger partial charge in [0.2, 0.25) is 11.8 Å². The monoisotopic (exact) mass is 787 g/mol. The zero-order valence-electron chi connectivity index (χ0n) is 34.2. The number of Topliss-reactive ketones (excluding diaryl/α,β-unsaturated/α-hetero) is 1. The molecule has 3 aromatic rings. The average Bonchev–Trinajstić information content (AvgIpc) is 3.73. The van der Waals surface area contributed by atoms with Gasteiger partial charge < -0.3 is 36.9 Å². The van der Waals surface area contributed by atoms with Gasteiger partial charge in [0.1, 0.15) is 6.04 Å². The molecule has 1 heterocycles. The van der Waals surface area contributed by atoms with E-state index in [-0.39, 0.29) is 37.0 Å². The van der Waals surface area contributed by atoms with E-state index in [1.807, 2.05) is 74.5 Å². The fourth-order valence-corrected chi connectivity index (χ4v) is 8.30. The number of benzene rings is 2. The Hall–Kier alpha value is -4.39. The fourth-order valence-electron chi connectivity index (χ4n) is 8.30. The van der Waals surface area contributed by atoms with Crippen LogP contribution >= 0.6 is 0 Å². The van der Waals surface area contributed by atoms with Crippen molar-refractivity contribution in [3.05, 3.63) is 90.0 Å². The molecule has 12 heteroatoms. The van der Waals surface area contributed by atoms with Crippen LogP contribution in [0.15, 0.2) is 73.2 Å². The molecule has 0 spiro atoms. The molecule has 0 bridgehead atoms. The van der Waals surface area contributed by atoms with Crippen molar-refractivity contribution in [1.82, 2.24) is 20.6 Å². The third-order valence-electron chi connectivity index (χ3n) is 11.4. The number of amides is 2. The first-order chi connectivity index (χ1) is 27.4. The van der Waals surface area contributed by atoms with Gasteiger partial charge in [-0.25, -0.2) is 9.78 Å². The second-order valence-electron chi connectivity index (χ2n) is 16.5. The van der Waals surface area contributed by atoms with Crippen molar-refractivity contribution in [2.75, 3.05) is 13.7 Å². The zero-order chi connectivity index (χ0) is 41.2. The molecule has 1 fully saturated rings. The molecule has 1 saturated carbocycles. The van der Waals surface area contributed by atoms with Crippen molar-refractivity contribution in [3.63, 3.8) is 0 Å². The molecule has 1 aliphatic rings. The molecule has 57 heavy (non-hydrogen) atoms. The molecule has 8 N–H and O–H groups in total. The van der Waals surface area contributed by atoms with Crippen molar-refractivity contribution < 1.29 is 29.0 Å². The van der Waals surface area contributed by atoms with Crippen LogP contribution in [-0.4, -0.2) is 76.0 Å². The van der Waals surface area contributed by atoms with E-state index < -0.39 is 53.2 Å². The van der Waals surface area contributed by atoms with Crippen LogP contribution in [-0.2, 0) is 43.2 Å². The number of hydrogen-bond donors (Lipinski definition) is 6. The Balaban J connectivity index is 1.61. The lowest BCUT2D eigenvalue weighted by molar-refractivity contribution is -0.153. The summed E-state index contributed by atoms with van der Waals surface area (Å²) in [7, 11) is 1.21. The van der Waals surface area contributed by atoms with Crippen molar-refractivity contribution in [1.29, 1.82) is 0 Å². The molecule has 2 aromatic carbocycles. The van der Waals surface area contributed by atoms with Crippen LogP contribution in [0.1, 0.15) is 101 Å². The summed E-state index contributed by atoms with van der Waals surface area (Å²) in [6.07, 6.45) is 10.4. The summed E-state index contributed by atoms with van der Waals surface area (Å²) < 4.78 is 5.03. The van der Waals surface area contributed by atoms with E-state index in [1.165, 1.54) is 13.4 Å². The number of aliphatic hydroxyl groups is 1. The number of rotatable bonds is 24. The minimum Gasteiger partial charge on any atom is -0.467 e. The second-order valence-corrected chi connectivity index (χ2v) is 16.5. The Morgan fingerprint density at radius 2 is 1.51 bits per heavy atom. The Morgan fingerprint density at radius 1 is 0.877 bits per heavy atom. The summed E-state index contributed by atoms with van der Waals surface area (Å²) in [5, 5.41) is 18.3. The number of methoxy groups -OCH3 is 1. The highest BCUT2D eigenvalue weighted by molar-refractivity contribution is 6.09. The van der Waals surface area contributed by atoms with E-state index in [0.717, 1.165) is 43.2 Å². The minimum absolute atomic E-state index is 0.00465. The van der Waals surface area contributed by atoms with Gasteiger partial charge in [0.05, 0.1) is 25.6 Å². The van der Waals surface area contributed by atoms with Gasteiger partial charge in [0.15, 0.2) is 11.3 Å². The summed E-state index contributed by atoms with van der Waals surface area (Å²) in [4.78, 5) is 63.3. The molecule has 0 unspecified atom stereocenters. The van der Waals surface area contributed by atoms with Crippen LogP contribution in [0.5, 0.6) is 0 Å². The largest absolute Gasteiger partial charge is 0.467 e. The Morgan fingerprint density at radius 3 is 2.05 bits per heavy atom. The van der Waals surface area contributed by atoms with Gasteiger partial charge in [0, 0.05) is 30.1 Å². The molecule has 0 saturated heterocycles. The number of aliphatic hydroxyl groups excluding tert-OH is 1. The van der Waals surface area contributed by atoms with Crippen LogP contribution < -0.4 is 22.1 Å². The highest BCUT2D eigenvalue weighted by Crippen LogP contribution is 2.32. The number of ketones is 1. The molecule has 4 rings (SSSR count). The maximum Gasteiger partial charge on any atom is 0.333 e. The summed E-state index contributed by atoms with van der Waals surface area (Å²) in [5.74, 6) is -2.90. The SMILES string of the molecule is COC(=O)[C@@](N)(CCCCN)C(=O)[C@H](CC(C)C)C[C@H](O)[C@H](CC1CCCCC1)NC(=O)[C@H](Cc1cnc[nH]1)NC(=O)C(Cc1ccccc1)Cc1ccccc1. The first kappa shape index (κ1) is 45.3. The van der Waals surface area contributed by atoms with Crippen molar-refractivity contribution in [3.8, 4) is 0 Å². The van der Waals surface area contributed by atoms with Gasteiger partial charge in [-0.3, -0.25) is 14.4 Å². The van der Waals surface area contributed by atoms with Gasteiger partial charge in [-0.2, -0.15) is 0 Å². The average molecular weight is 787 g/mol. The van der Waals surface area contributed by atoms with Gasteiger partial charge >= 0.3 is 5.97 Å². The number of aromatic nitrogens is 2. The van der Waals surface area contributed by atoms with E-state index >= 15 is 0 Å². The van der Waals surface area contributed by atoms with Crippen molar-refractivity contribution in [2.24, 2.45) is 35.1 Å². The molecule has 5 atom stereocenters. The number of H-pyrrole nitrogens is 1. The fraction of sp³-hybridized carbons (Fsp3) is 0.578. The van der Waals surface area contributed by atoms with Gasteiger partial charge in [-0.1, -0.05) is 107 Å². The summed E-state index contributed by atoms with van der Waals surface area (Å²) >= 11 is 0. The first-order valence-corrected chi connectivity index (χ1v) is 20.9. The molecule has 0 aliphatic heterocycles. The van der Waals surface area contributed by atoms with E-state index in [1.54, 1.807) is 6.20 Å². The number of nitrogens with one attached hydrogen (secondary N) is 3. The number of aromatic amines is 1. The summed E-state index contributed by atoms with van der Waals surface area (Å²) in [6, 6.07) is 17.9. The topological polar surface area (TPSA) is 203 Å². The highest BCUT2D eigenvalue weighted by atomic mass is 16.5. The number of imidazole rings is 1. The maximum atomic E-state index is 14.5. The quantitative estimate of drug-likeness (QED) is 0.0412. The Kier molecular flexibility index (Phi) is 18.4. The first-order valence-electron chi connectivity index (χ1n) is 20.9. The van der Waals surface area contributed by atoms with E-state index in [9.17, 15) is 24.3 Å². The zero-order valence-corrected chi connectivity index (χ0v) is 34.2. The van der Waals surface area contributed by atoms with Crippen molar-refractivity contribution >= 4 is 23.6 Å². The van der Waals surface area contributed by atoms with Crippen LogP contribution in [0.3, 0.4) is 0 Å². The number of ether oxygens (including phenoxy) is 1. The number of nitrogens with zero attached hydrogens (tertiary/aromatic N) is 1. The molecular weight excluding hydrogens is 721 g/mol. The third-order valence-corrected chi connectivity index (χ3v) is 11.4.